The summed E-state index contributed by atoms with van der Waals surface area (Å²) in [5.74, 6) is 1.83. The van der Waals surface area contributed by atoms with E-state index in [1.165, 1.54) is 24.5 Å². The topological polar surface area (TPSA) is 44.0 Å². The van der Waals surface area contributed by atoms with Crippen LogP contribution in [0.1, 0.15) is 31.1 Å². The Morgan fingerprint density at radius 1 is 1.28 bits per heavy atom. The molecule has 0 spiro atoms. The summed E-state index contributed by atoms with van der Waals surface area (Å²) in [6.07, 6.45) is 2.12. The highest BCUT2D eigenvalue weighted by Gasteiger charge is 2.12. The molecular weight excluding hydrogens is 224 g/mol. The van der Waals surface area contributed by atoms with Crippen molar-refractivity contribution in [3.05, 3.63) is 17.2 Å². The van der Waals surface area contributed by atoms with Gasteiger partial charge in [0, 0.05) is 44.8 Å². The Morgan fingerprint density at radius 3 is 2.67 bits per heavy atom. The summed E-state index contributed by atoms with van der Waals surface area (Å²) in [4.78, 5) is 10.7. The summed E-state index contributed by atoms with van der Waals surface area (Å²) in [6.45, 7) is 12.3. The zero-order valence-corrected chi connectivity index (χ0v) is 11.9. The summed E-state index contributed by atoms with van der Waals surface area (Å²) < 4.78 is 0. The van der Waals surface area contributed by atoms with Gasteiger partial charge in [-0.1, -0.05) is 13.8 Å². The summed E-state index contributed by atoms with van der Waals surface area (Å²) >= 11 is 0. The molecule has 0 bridgehead atoms. The van der Waals surface area contributed by atoms with Gasteiger partial charge in [0.25, 0.3) is 0 Å². The first-order valence-corrected chi connectivity index (χ1v) is 7.12. The van der Waals surface area contributed by atoms with Crippen molar-refractivity contribution < 1.29 is 0 Å². The lowest BCUT2D eigenvalue weighted by Crippen LogP contribution is -2.44. The van der Waals surface area contributed by atoms with Crippen molar-refractivity contribution in [3.8, 4) is 0 Å². The SMILES string of the molecule is Cc1[nH]c(CCN2CCNCC2)nc1CC(C)C. The molecule has 0 amide bonds. The lowest BCUT2D eigenvalue weighted by atomic mass is 10.1. The molecule has 4 nitrogen and oxygen atoms in total. The van der Waals surface area contributed by atoms with Gasteiger partial charge in [0.15, 0.2) is 0 Å². The van der Waals surface area contributed by atoms with Crippen LogP contribution in [-0.2, 0) is 12.8 Å². The van der Waals surface area contributed by atoms with Crippen molar-refractivity contribution >= 4 is 0 Å². The van der Waals surface area contributed by atoms with Crippen molar-refractivity contribution in [2.24, 2.45) is 5.92 Å². The van der Waals surface area contributed by atoms with Gasteiger partial charge in [0.1, 0.15) is 5.82 Å². The van der Waals surface area contributed by atoms with Crippen molar-refractivity contribution in [1.29, 1.82) is 0 Å². The number of H-pyrrole nitrogens is 1. The Kier molecular flexibility index (Phi) is 4.78. The zero-order valence-electron chi connectivity index (χ0n) is 11.9. The Balaban J connectivity index is 1.85. The third kappa shape index (κ3) is 3.82. The highest BCUT2D eigenvalue weighted by Crippen LogP contribution is 2.11. The maximum Gasteiger partial charge on any atom is 0.107 e. The number of piperazine rings is 1. The summed E-state index contributed by atoms with van der Waals surface area (Å²) in [7, 11) is 0. The highest BCUT2D eigenvalue weighted by atomic mass is 15.2. The molecule has 102 valence electrons. The fourth-order valence-electron chi connectivity index (χ4n) is 2.47. The Hall–Kier alpha value is -0.870. The van der Waals surface area contributed by atoms with Crippen molar-refractivity contribution in [2.45, 2.75) is 33.6 Å². The minimum absolute atomic E-state index is 0.674. The van der Waals surface area contributed by atoms with Crippen LogP contribution in [-0.4, -0.2) is 47.6 Å². The number of aryl methyl sites for hydroxylation is 1. The molecule has 0 saturated carbocycles. The van der Waals surface area contributed by atoms with Gasteiger partial charge in [0.2, 0.25) is 0 Å². The first-order valence-electron chi connectivity index (χ1n) is 7.12. The second-order valence-electron chi connectivity index (χ2n) is 5.69. The molecule has 1 aliphatic rings. The number of nitrogens with zero attached hydrogens (tertiary/aromatic N) is 2. The van der Waals surface area contributed by atoms with Crippen LogP contribution in [0.5, 0.6) is 0 Å². The molecule has 0 radical (unpaired) electrons. The predicted molar refractivity (Wildman–Crippen MR) is 74.9 cm³/mol. The summed E-state index contributed by atoms with van der Waals surface area (Å²) in [5, 5.41) is 3.38. The average molecular weight is 250 g/mol. The van der Waals surface area contributed by atoms with E-state index >= 15 is 0 Å². The molecular formula is C14H26N4. The average Bonchev–Trinajstić information content (AvgIpc) is 2.68. The number of hydrogen-bond acceptors (Lipinski definition) is 3. The largest absolute Gasteiger partial charge is 0.346 e. The molecule has 1 aromatic rings. The third-order valence-electron chi connectivity index (χ3n) is 3.51. The van der Waals surface area contributed by atoms with Crippen molar-refractivity contribution in [3.63, 3.8) is 0 Å². The van der Waals surface area contributed by atoms with E-state index in [9.17, 15) is 0 Å². The lowest BCUT2D eigenvalue weighted by Gasteiger charge is -2.26. The van der Waals surface area contributed by atoms with E-state index in [-0.39, 0.29) is 0 Å². The van der Waals surface area contributed by atoms with Gasteiger partial charge >= 0.3 is 0 Å². The molecule has 2 rings (SSSR count). The molecule has 1 saturated heterocycles. The van der Waals surface area contributed by atoms with Crippen LogP contribution in [0.3, 0.4) is 0 Å². The molecule has 0 aromatic carbocycles. The number of hydrogen-bond donors (Lipinski definition) is 2. The van der Waals surface area contributed by atoms with Crippen molar-refractivity contribution in [2.75, 3.05) is 32.7 Å². The third-order valence-corrected chi connectivity index (χ3v) is 3.51. The van der Waals surface area contributed by atoms with Gasteiger partial charge in [0.05, 0.1) is 5.69 Å². The maximum atomic E-state index is 4.74. The van der Waals surface area contributed by atoms with Crippen LogP contribution in [0.25, 0.3) is 0 Å². The number of aromatic amines is 1. The van der Waals surface area contributed by atoms with E-state index < -0.39 is 0 Å². The van der Waals surface area contributed by atoms with Gasteiger partial charge in [-0.05, 0) is 19.3 Å². The molecule has 2 heterocycles. The number of rotatable bonds is 5. The predicted octanol–water partition coefficient (Wildman–Crippen LogP) is 1.36. The molecule has 1 aromatic heterocycles. The normalized spacial score (nSPS) is 17.6. The van der Waals surface area contributed by atoms with Crippen LogP contribution in [0.4, 0.5) is 0 Å². The van der Waals surface area contributed by atoms with Gasteiger partial charge in [-0.3, -0.25) is 0 Å². The quantitative estimate of drug-likeness (QED) is 0.829. The standard InChI is InChI=1S/C14H26N4/c1-11(2)10-13-12(3)16-14(17-13)4-7-18-8-5-15-6-9-18/h11,15H,4-10H2,1-3H3,(H,16,17). The van der Waals surface area contributed by atoms with E-state index in [1.807, 2.05) is 0 Å². The molecule has 0 atom stereocenters. The molecule has 18 heavy (non-hydrogen) atoms. The Bertz CT molecular complexity index is 364. The maximum absolute atomic E-state index is 4.74. The van der Waals surface area contributed by atoms with Crippen LogP contribution in [0, 0.1) is 12.8 Å². The van der Waals surface area contributed by atoms with Crippen LogP contribution >= 0.6 is 0 Å². The van der Waals surface area contributed by atoms with Gasteiger partial charge in [-0.15, -0.1) is 0 Å². The second kappa shape index (κ2) is 6.34. The Morgan fingerprint density at radius 2 is 2.00 bits per heavy atom. The first-order chi connectivity index (χ1) is 8.65. The van der Waals surface area contributed by atoms with Gasteiger partial charge < -0.3 is 15.2 Å². The van der Waals surface area contributed by atoms with Crippen LogP contribution in [0.15, 0.2) is 0 Å². The van der Waals surface area contributed by atoms with E-state index in [0.29, 0.717) is 5.92 Å². The molecule has 1 aliphatic heterocycles. The number of nitrogens with one attached hydrogen (secondary N) is 2. The van der Waals surface area contributed by atoms with Crippen molar-refractivity contribution in [1.82, 2.24) is 20.2 Å². The highest BCUT2D eigenvalue weighted by molar-refractivity contribution is 5.13. The number of aromatic nitrogens is 2. The van der Waals surface area contributed by atoms with Gasteiger partial charge in [-0.2, -0.15) is 0 Å². The van der Waals surface area contributed by atoms with E-state index in [0.717, 1.165) is 38.3 Å². The van der Waals surface area contributed by atoms with Gasteiger partial charge in [-0.25, -0.2) is 4.98 Å². The van der Waals surface area contributed by atoms with E-state index in [2.05, 4.69) is 36.0 Å². The fourth-order valence-corrected chi connectivity index (χ4v) is 2.47. The molecule has 1 fully saturated rings. The van der Waals surface area contributed by atoms with E-state index in [4.69, 9.17) is 4.98 Å². The first kappa shape index (κ1) is 13.6. The minimum atomic E-state index is 0.674. The summed E-state index contributed by atoms with van der Waals surface area (Å²) in [5.41, 5.74) is 2.50. The Labute approximate surface area is 110 Å². The van der Waals surface area contributed by atoms with Crippen LogP contribution in [0.2, 0.25) is 0 Å². The zero-order chi connectivity index (χ0) is 13.0. The monoisotopic (exact) mass is 250 g/mol. The fraction of sp³-hybridized carbons (Fsp3) is 0.786. The molecule has 0 unspecified atom stereocenters. The lowest BCUT2D eigenvalue weighted by molar-refractivity contribution is 0.242. The molecule has 0 aliphatic carbocycles. The smallest absolute Gasteiger partial charge is 0.107 e. The molecule has 2 N–H and O–H groups in total. The minimum Gasteiger partial charge on any atom is -0.346 e. The summed E-state index contributed by atoms with van der Waals surface area (Å²) in [6, 6.07) is 0. The van der Waals surface area contributed by atoms with E-state index in [1.54, 1.807) is 0 Å². The number of imidazole rings is 1. The second-order valence-corrected chi connectivity index (χ2v) is 5.69. The molecule has 4 heteroatoms. The van der Waals surface area contributed by atoms with Crippen LogP contribution < -0.4 is 5.32 Å².